The predicted octanol–water partition coefficient (Wildman–Crippen LogP) is 2.10. The van der Waals surface area contributed by atoms with E-state index in [-0.39, 0.29) is 17.3 Å². The first-order valence-electron chi connectivity index (χ1n) is 5.99. The summed E-state index contributed by atoms with van der Waals surface area (Å²) >= 11 is 5.00. The second-order valence-corrected chi connectivity index (χ2v) is 5.41. The fraction of sp³-hybridized carbons (Fsp3) is 0.429. The predicted molar refractivity (Wildman–Crippen MR) is 81.4 cm³/mol. The van der Waals surface area contributed by atoms with E-state index >= 15 is 0 Å². The van der Waals surface area contributed by atoms with Crippen LogP contribution in [0.4, 0.5) is 5.69 Å². The maximum absolute atomic E-state index is 12.3. The molecule has 19 heavy (non-hydrogen) atoms. The summed E-state index contributed by atoms with van der Waals surface area (Å²) in [6.45, 7) is 3.75. The number of amides is 1. The number of para-hydroxylation sites is 1. The zero-order chi connectivity index (χ0) is 14.6. The molecule has 1 amide bonds. The van der Waals surface area contributed by atoms with Crippen LogP contribution < -0.4 is 10.6 Å². The van der Waals surface area contributed by atoms with Gasteiger partial charge in [0.15, 0.2) is 0 Å². The maximum Gasteiger partial charge on any atom is 0.229 e. The van der Waals surface area contributed by atoms with E-state index in [4.69, 9.17) is 22.7 Å². The minimum Gasteiger partial charge on any atom is -0.389 e. The number of hydrogen-bond donors (Lipinski definition) is 1. The molecule has 1 aromatic rings. The average Bonchev–Trinajstić information content (AvgIpc) is 2.37. The molecule has 0 aromatic heterocycles. The molecule has 0 bridgehead atoms. The third-order valence-corrected chi connectivity index (χ3v) is 3.25. The van der Waals surface area contributed by atoms with Gasteiger partial charge in [0.1, 0.15) is 4.99 Å². The Bertz CT molecular complexity index is 486. The quantitative estimate of drug-likeness (QED) is 0.839. The normalized spacial score (nSPS) is 11.2. The van der Waals surface area contributed by atoms with Crippen molar-refractivity contribution < 1.29 is 9.53 Å². The lowest BCUT2D eigenvalue weighted by Gasteiger charge is -2.26. The van der Waals surface area contributed by atoms with E-state index in [9.17, 15) is 4.79 Å². The van der Waals surface area contributed by atoms with Crippen LogP contribution in [0.15, 0.2) is 24.3 Å². The van der Waals surface area contributed by atoms with Crippen LogP contribution in [0.2, 0.25) is 0 Å². The summed E-state index contributed by atoms with van der Waals surface area (Å²) < 4.78 is 5.27. The van der Waals surface area contributed by atoms with Gasteiger partial charge in [0.25, 0.3) is 0 Å². The highest BCUT2D eigenvalue weighted by atomic mass is 32.1. The van der Waals surface area contributed by atoms with E-state index in [0.717, 1.165) is 0 Å². The number of anilines is 1. The summed E-state index contributed by atoms with van der Waals surface area (Å²) in [5.74, 6) is -0.0458. The van der Waals surface area contributed by atoms with Gasteiger partial charge in [0.05, 0.1) is 17.7 Å². The van der Waals surface area contributed by atoms with E-state index in [2.05, 4.69) is 0 Å². The van der Waals surface area contributed by atoms with Crippen LogP contribution >= 0.6 is 12.2 Å². The molecule has 0 radical (unpaired) electrons. The Morgan fingerprint density at radius 3 is 2.53 bits per heavy atom. The number of carbonyl (C=O) groups excluding carboxylic acids is 1. The van der Waals surface area contributed by atoms with E-state index in [1.54, 1.807) is 19.1 Å². The molecular weight excluding hydrogens is 260 g/mol. The number of nitrogens with zero attached hydrogens (tertiary/aromatic N) is 1. The zero-order valence-corrected chi connectivity index (χ0v) is 12.6. The van der Waals surface area contributed by atoms with Gasteiger partial charge in [-0.15, -0.1) is 0 Å². The van der Waals surface area contributed by atoms with Gasteiger partial charge in [-0.2, -0.15) is 0 Å². The Labute approximate surface area is 119 Å². The van der Waals surface area contributed by atoms with Gasteiger partial charge in [0, 0.05) is 19.7 Å². The molecule has 0 spiro atoms. The summed E-state index contributed by atoms with van der Waals surface area (Å²) in [4.78, 5) is 14.1. The second kappa shape index (κ2) is 6.12. The van der Waals surface area contributed by atoms with Crippen LogP contribution in [0, 0.1) is 0 Å². The number of nitrogens with two attached hydrogens (primary N) is 1. The van der Waals surface area contributed by atoms with Crippen molar-refractivity contribution in [1.29, 1.82) is 0 Å². The highest BCUT2D eigenvalue weighted by Gasteiger charge is 2.24. The van der Waals surface area contributed by atoms with Crippen molar-refractivity contribution in [2.75, 3.05) is 19.1 Å². The summed E-state index contributed by atoms with van der Waals surface area (Å²) in [5.41, 5.74) is 6.59. The summed E-state index contributed by atoms with van der Waals surface area (Å²) in [7, 11) is 3.31. The summed E-state index contributed by atoms with van der Waals surface area (Å²) in [6.07, 6.45) is 0.283. The molecule has 0 atom stereocenters. The van der Waals surface area contributed by atoms with Crippen molar-refractivity contribution in [1.82, 2.24) is 0 Å². The first-order chi connectivity index (χ1) is 8.78. The molecule has 1 rings (SSSR count). The summed E-state index contributed by atoms with van der Waals surface area (Å²) in [5, 5.41) is 0. The second-order valence-electron chi connectivity index (χ2n) is 4.97. The third-order valence-electron chi connectivity index (χ3n) is 3.03. The lowest BCUT2D eigenvalue weighted by molar-refractivity contribution is -0.123. The standard InChI is InChI=1S/C14H20N2O2S/c1-14(2,18-4)9-12(17)16(3)11-8-6-5-7-10(11)13(15)19/h5-8H,9H2,1-4H3,(H2,15,19). The Hall–Kier alpha value is -1.46. The van der Waals surface area contributed by atoms with Gasteiger partial charge in [-0.3, -0.25) is 4.79 Å². The number of hydrogen-bond acceptors (Lipinski definition) is 3. The zero-order valence-electron chi connectivity index (χ0n) is 11.8. The number of rotatable bonds is 5. The molecule has 0 aliphatic rings. The fourth-order valence-electron chi connectivity index (χ4n) is 1.66. The Morgan fingerprint density at radius 2 is 2.00 bits per heavy atom. The maximum atomic E-state index is 12.3. The van der Waals surface area contributed by atoms with Crippen LogP contribution in [0.3, 0.4) is 0 Å². The summed E-state index contributed by atoms with van der Waals surface area (Å²) in [6, 6.07) is 7.33. The van der Waals surface area contributed by atoms with Crippen molar-refractivity contribution in [3.05, 3.63) is 29.8 Å². The fourth-order valence-corrected chi connectivity index (χ4v) is 1.84. The number of ether oxygens (including phenoxy) is 1. The number of carbonyl (C=O) groups is 1. The minimum atomic E-state index is -0.497. The SMILES string of the molecule is COC(C)(C)CC(=O)N(C)c1ccccc1C(N)=S. The van der Waals surface area contributed by atoms with Gasteiger partial charge < -0.3 is 15.4 Å². The van der Waals surface area contributed by atoms with Crippen LogP contribution in [0.25, 0.3) is 0 Å². The average molecular weight is 280 g/mol. The third kappa shape index (κ3) is 4.01. The van der Waals surface area contributed by atoms with E-state index in [1.807, 2.05) is 38.1 Å². The van der Waals surface area contributed by atoms with Gasteiger partial charge in [-0.05, 0) is 26.0 Å². The molecular formula is C14H20N2O2S. The van der Waals surface area contributed by atoms with Gasteiger partial charge in [-0.25, -0.2) is 0 Å². The van der Waals surface area contributed by atoms with E-state index < -0.39 is 5.60 Å². The monoisotopic (exact) mass is 280 g/mol. The molecule has 104 valence electrons. The van der Waals surface area contributed by atoms with Gasteiger partial charge >= 0.3 is 0 Å². The molecule has 0 aliphatic carbocycles. The molecule has 0 heterocycles. The minimum absolute atomic E-state index is 0.0458. The first kappa shape index (κ1) is 15.6. The molecule has 1 aromatic carbocycles. The van der Waals surface area contributed by atoms with E-state index in [0.29, 0.717) is 11.3 Å². The highest BCUT2D eigenvalue weighted by molar-refractivity contribution is 7.80. The van der Waals surface area contributed by atoms with Gasteiger partial charge in [0.2, 0.25) is 5.91 Å². The lowest BCUT2D eigenvalue weighted by atomic mass is 10.0. The lowest BCUT2D eigenvalue weighted by Crippen LogP contribution is -2.36. The van der Waals surface area contributed by atoms with Crippen LogP contribution in [-0.4, -0.2) is 30.7 Å². The molecule has 0 unspecified atom stereocenters. The van der Waals surface area contributed by atoms with Crippen molar-refractivity contribution in [2.24, 2.45) is 5.73 Å². The largest absolute Gasteiger partial charge is 0.389 e. The van der Waals surface area contributed by atoms with Crippen molar-refractivity contribution >= 4 is 28.8 Å². The Morgan fingerprint density at radius 1 is 1.42 bits per heavy atom. The molecule has 0 saturated heterocycles. The smallest absolute Gasteiger partial charge is 0.229 e. The topological polar surface area (TPSA) is 55.6 Å². The van der Waals surface area contributed by atoms with Gasteiger partial charge in [-0.1, -0.05) is 24.4 Å². The van der Waals surface area contributed by atoms with Crippen molar-refractivity contribution in [2.45, 2.75) is 25.9 Å². The number of thiocarbonyl (C=S) groups is 1. The Kier molecular flexibility index (Phi) is 5.03. The Balaban J connectivity index is 2.98. The number of benzene rings is 1. The van der Waals surface area contributed by atoms with E-state index in [1.165, 1.54) is 0 Å². The van der Waals surface area contributed by atoms with Crippen LogP contribution in [0.1, 0.15) is 25.8 Å². The van der Waals surface area contributed by atoms with Crippen molar-refractivity contribution in [3.8, 4) is 0 Å². The van der Waals surface area contributed by atoms with Crippen LogP contribution in [-0.2, 0) is 9.53 Å². The first-order valence-corrected chi connectivity index (χ1v) is 6.40. The molecule has 4 nitrogen and oxygen atoms in total. The number of methoxy groups -OCH3 is 1. The van der Waals surface area contributed by atoms with Crippen LogP contribution in [0.5, 0.6) is 0 Å². The molecule has 0 fully saturated rings. The molecule has 5 heteroatoms. The highest BCUT2D eigenvalue weighted by Crippen LogP contribution is 2.22. The molecule has 2 N–H and O–H groups in total. The molecule has 0 aliphatic heterocycles. The molecule has 0 saturated carbocycles. The van der Waals surface area contributed by atoms with Crippen molar-refractivity contribution in [3.63, 3.8) is 0 Å².